The molecule has 2 aliphatic heterocycles. The Bertz CT molecular complexity index is 1080. The van der Waals surface area contributed by atoms with Gasteiger partial charge in [0.05, 0.1) is 31.3 Å². The number of aliphatic hydroxyl groups excluding tert-OH is 3. The summed E-state index contributed by atoms with van der Waals surface area (Å²) in [7, 11) is 1.57. The van der Waals surface area contributed by atoms with E-state index in [1.54, 1.807) is 7.05 Å². The van der Waals surface area contributed by atoms with Crippen molar-refractivity contribution in [2.24, 2.45) is 28.9 Å². The lowest BCUT2D eigenvalue weighted by Gasteiger charge is -2.49. The molecule has 0 bridgehead atoms. The number of amides is 1. The van der Waals surface area contributed by atoms with E-state index < -0.39 is 78.8 Å². The molecule has 270 valence electrons. The lowest BCUT2D eigenvalue weighted by atomic mass is 9.81. The van der Waals surface area contributed by atoms with Crippen molar-refractivity contribution in [3.63, 3.8) is 0 Å². The number of nitrogens with one attached hydrogen (secondary N) is 5. The summed E-state index contributed by atoms with van der Waals surface area (Å²) >= 11 is 0. The zero-order chi connectivity index (χ0) is 34.5. The first-order chi connectivity index (χ1) is 22.2. The van der Waals surface area contributed by atoms with E-state index in [1.165, 1.54) is 6.92 Å². The maximum atomic E-state index is 13.0. The molecular weight excluding hydrogens is 618 g/mol. The molecule has 4 rings (SSSR count). The van der Waals surface area contributed by atoms with Gasteiger partial charge in [-0.05, 0) is 64.6 Å². The Labute approximate surface area is 274 Å². The van der Waals surface area contributed by atoms with E-state index in [2.05, 4.69) is 21.3 Å². The van der Waals surface area contributed by atoms with Crippen LogP contribution in [-0.4, -0.2) is 144 Å². The molecule has 3 fully saturated rings. The Kier molecular flexibility index (Phi) is 13.2. The molecular formula is C29H55N9O9. The lowest BCUT2D eigenvalue weighted by molar-refractivity contribution is -0.304. The molecule has 4 aliphatic rings. The predicted molar refractivity (Wildman–Crippen MR) is 169 cm³/mol. The van der Waals surface area contributed by atoms with E-state index in [0.717, 1.165) is 19.4 Å². The van der Waals surface area contributed by atoms with Crippen LogP contribution in [0.1, 0.15) is 39.0 Å². The van der Waals surface area contributed by atoms with E-state index >= 15 is 0 Å². The van der Waals surface area contributed by atoms with Crippen molar-refractivity contribution >= 4 is 11.9 Å². The van der Waals surface area contributed by atoms with Gasteiger partial charge < -0.3 is 83.6 Å². The fourth-order valence-electron chi connectivity index (χ4n) is 6.63. The molecule has 0 aromatic carbocycles. The number of rotatable bonds is 14. The van der Waals surface area contributed by atoms with Crippen molar-refractivity contribution in [1.29, 1.82) is 5.41 Å². The molecule has 0 aromatic rings. The zero-order valence-corrected chi connectivity index (χ0v) is 27.1. The molecule has 18 nitrogen and oxygen atoms in total. The molecule has 1 saturated heterocycles. The predicted octanol–water partition coefficient (Wildman–Crippen LogP) is -5.09. The first-order valence-corrected chi connectivity index (χ1v) is 16.3. The van der Waals surface area contributed by atoms with Crippen LogP contribution >= 0.6 is 0 Å². The molecule has 18 heteroatoms. The molecule has 2 aliphatic carbocycles. The first kappa shape index (κ1) is 37.6. The third-order valence-electron chi connectivity index (χ3n) is 9.34. The normalized spacial score (nSPS) is 41.2. The largest absolute Gasteiger partial charge is 0.467 e. The fourth-order valence-corrected chi connectivity index (χ4v) is 6.63. The molecule has 2 heterocycles. The van der Waals surface area contributed by atoms with Crippen LogP contribution in [0.5, 0.6) is 0 Å². The minimum absolute atomic E-state index is 0.0439. The zero-order valence-electron chi connectivity index (χ0n) is 27.1. The average molecular weight is 674 g/mol. The third-order valence-corrected chi connectivity index (χ3v) is 9.34. The Hall–Kier alpha value is -2.20. The van der Waals surface area contributed by atoms with Crippen LogP contribution in [-0.2, 0) is 23.7 Å². The number of hydrogen-bond acceptors (Lipinski definition) is 15. The van der Waals surface area contributed by atoms with Gasteiger partial charge in [-0.1, -0.05) is 0 Å². The van der Waals surface area contributed by atoms with Crippen molar-refractivity contribution in [1.82, 2.24) is 21.3 Å². The summed E-state index contributed by atoms with van der Waals surface area (Å²) in [6, 6.07) is -2.91. The number of aliphatic hydroxyl groups is 4. The summed E-state index contributed by atoms with van der Waals surface area (Å²) < 4.78 is 24.1. The van der Waals surface area contributed by atoms with E-state index in [4.69, 9.17) is 47.3 Å². The Morgan fingerprint density at radius 3 is 2.49 bits per heavy atom. The van der Waals surface area contributed by atoms with Crippen molar-refractivity contribution in [2.75, 3.05) is 33.3 Å². The molecule has 12 atom stereocenters. The highest BCUT2D eigenvalue weighted by Gasteiger charge is 2.52. The number of carbonyl (C=O) groups is 1. The van der Waals surface area contributed by atoms with Crippen LogP contribution in [0.3, 0.4) is 0 Å². The SMILES string of the molecule is CN[C@@H]1[C@@H](O)[C@@H](O[C@H]2[C@H](NC(=O)[C@@H](O)CCNC(=N)N)C[C@H](N)C(O[C@H]3OC(CNCC4CC(N)C4)=CC[C@H]3N)[C@@H]2O)OC[C@]1(C)O. The second kappa shape index (κ2) is 16.5. The van der Waals surface area contributed by atoms with Crippen LogP contribution in [0.25, 0.3) is 0 Å². The molecule has 0 radical (unpaired) electrons. The second-order valence-electron chi connectivity index (χ2n) is 13.4. The van der Waals surface area contributed by atoms with Gasteiger partial charge in [-0.25, -0.2) is 0 Å². The maximum absolute atomic E-state index is 13.0. The van der Waals surface area contributed by atoms with Crippen molar-refractivity contribution < 1.29 is 44.2 Å². The fraction of sp³-hybridized carbons (Fsp3) is 0.862. The lowest BCUT2D eigenvalue weighted by Crippen LogP contribution is -2.69. The Balaban J connectivity index is 1.44. The minimum Gasteiger partial charge on any atom is -0.467 e. The molecule has 17 N–H and O–H groups in total. The molecule has 2 saturated carbocycles. The van der Waals surface area contributed by atoms with Crippen LogP contribution in [0.4, 0.5) is 0 Å². The van der Waals surface area contributed by atoms with E-state index in [0.29, 0.717) is 24.6 Å². The number of hydrogen-bond donors (Lipinski definition) is 13. The van der Waals surface area contributed by atoms with Gasteiger partial charge in [0.15, 0.2) is 12.2 Å². The summed E-state index contributed by atoms with van der Waals surface area (Å²) in [4.78, 5) is 13.0. The van der Waals surface area contributed by atoms with Crippen LogP contribution in [0.15, 0.2) is 11.8 Å². The van der Waals surface area contributed by atoms with Gasteiger partial charge in [-0.3, -0.25) is 10.2 Å². The van der Waals surface area contributed by atoms with E-state index in [1.807, 2.05) is 6.08 Å². The maximum Gasteiger partial charge on any atom is 0.249 e. The Morgan fingerprint density at radius 2 is 1.83 bits per heavy atom. The monoisotopic (exact) mass is 673 g/mol. The molecule has 1 unspecified atom stereocenters. The summed E-state index contributed by atoms with van der Waals surface area (Å²) in [6.45, 7) is 2.66. The summed E-state index contributed by atoms with van der Waals surface area (Å²) in [6.07, 6.45) is -4.55. The summed E-state index contributed by atoms with van der Waals surface area (Å²) in [5.41, 5.74) is 22.6. The Morgan fingerprint density at radius 1 is 1.13 bits per heavy atom. The molecule has 0 aromatic heterocycles. The van der Waals surface area contributed by atoms with Crippen LogP contribution in [0.2, 0.25) is 0 Å². The van der Waals surface area contributed by atoms with Gasteiger partial charge in [-0.2, -0.15) is 0 Å². The van der Waals surface area contributed by atoms with E-state index in [-0.39, 0.29) is 38.0 Å². The quantitative estimate of drug-likeness (QED) is 0.0606. The van der Waals surface area contributed by atoms with Gasteiger partial charge in [-0.15, -0.1) is 0 Å². The smallest absolute Gasteiger partial charge is 0.249 e. The number of carbonyl (C=O) groups excluding carboxylic acids is 1. The number of guanidine groups is 1. The summed E-state index contributed by atoms with van der Waals surface area (Å²) in [5.74, 6) is 0.110. The van der Waals surface area contributed by atoms with Crippen LogP contribution in [0, 0.1) is 11.3 Å². The molecule has 1 amide bonds. The summed E-state index contributed by atoms with van der Waals surface area (Å²) in [5, 5.41) is 62.5. The number of ether oxygens (including phenoxy) is 4. The van der Waals surface area contributed by atoms with Gasteiger partial charge >= 0.3 is 0 Å². The van der Waals surface area contributed by atoms with Gasteiger partial charge in [0.25, 0.3) is 0 Å². The van der Waals surface area contributed by atoms with Crippen molar-refractivity contribution in [2.45, 2.75) is 118 Å². The number of nitrogens with two attached hydrogens (primary N) is 4. The second-order valence-corrected chi connectivity index (χ2v) is 13.4. The highest BCUT2D eigenvalue weighted by molar-refractivity contribution is 5.81. The highest BCUT2D eigenvalue weighted by atomic mass is 16.7. The highest BCUT2D eigenvalue weighted by Crippen LogP contribution is 2.32. The van der Waals surface area contributed by atoms with Crippen molar-refractivity contribution in [3.8, 4) is 0 Å². The topological polar surface area (TPSA) is 311 Å². The third kappa shape index (κ3) is 9.71. The standard InChI is InChI=1S/C29H55N9O9/c1-29(43)12-44-27(21(41)24(29)35-2)47-23-18(38-25(42)19(39)5-6-37-28(33)34)9-17(32)22(20(23)40)46-26-16(31)4-3-15(45-26)11-36-10-13-7-14(30)8-13/h3,13-14,16-24,26-27,35-36,39-41,43H,4-12,30-32H2,1-2H3,(H,38,42)(H4,33,34,37)/t13?,14?,16-,17+,18-,19+,20+,21-,22?,23+,24-,26-,27-,29+/m1/s1. The minimum atomic E-state index is -1.47. The van der Waals surface area contributed by atoms with Gasteiger partial charge in [0.1, 0.15) is 41.9 Å². The average Bonchev–Trinajstić information content (AvgIpc) is 2.98. The van der Waals surface area contributed by atoms with Crippen LogP contribution < -0.4 is 44.2 Å². The van der Waals surface area contributed by atoms with Gasteiger partial charge in [0, 0.05) is 18.6 Å². The number of likely N-dealkylation sites (N-methyl/N-ethyl adjacent to an activating group) is 1. The molecule has 0 spiro atoms. The first-order valence-electron chi connectivity index (χ1n) is 16.3. The van der Waals surface area contributed by atoms with Gasteiger partial charge in [0.2, 0.25) is 12.2 Å². The van der Waals surface area contributed by atoms with E-state index in [9.17, 15) is 25.2 Å². The van der Waals surface area contributed by atoms with Crippen molar-refractivity contribution in [3.05, 3.63) is 11.8 Å². The molecule has 47 heavy (non-hydrogen) atoms.